The fourth-order valence-electron chi connectivity index (χ4n) is 4.60. The minimum atomic E-state index is -0.0670. The first-order chi connectivity index (χ1) is 19.0. The molecule has 0 saturated heterocycles. The summed E-state index contributed by atoms with van der Waals surface area (Å²) in [6, 6.07) is 31.4. The van der Waals surface area contributed by atoms with E-state index in [-0.39, 0.29) is 5.91 Å². The third kappa shape index (κ3) is 5.35. The van der Waals surface area contributed by atoms with Gasteiger partial charge in [0.25, 0.3) is 0 Å². The van der Waals surface area contributed by atoms with Gasteiger partial charge in [0.05, 0.1) is 12.1 Å². The number of amides is 1. The van der Waals surface area contributed by atoms with E-state index in [0.29, 0.717) is 34.8 Å². The van der Waals surface area contributed by atoms with Crippen LogP contribution in [0.5, 0.6) is 0 Å². The van der Waals surface area contributed by atoms with Crippen LogP contribution in [-0.4, -0.2) is 28.4 Å². The van der Waals surface area contributed by atoms with E-state index in [9.17, 15) is 4.79 Å². The minimum absolute atomic E-state index is 0.0670. The van der Waals surface area contributed by atoms with Gasteiger partial charge in [-0.1, -0.05) is 84.4 Å². The Labute approximate surface area is 232 Å². The molecule has 6 rings (SSSR count). The molecule has 2 aromatic heterocycles. The summed E-state index contributed by atoms with van der Waals surface area (Å²) in [6.07, 6.45) is 1.88. The van der Waals surface area contributed by atoms with Gasteiger partial charge >= 0.3 is 0 Å². The zero-order chi connectivity index (χ0) is 26.8. The van der Waals surface area contributed by atoms with E-state index in [1.54, 1.807) is 10.7 Å². The Kier molecular flexibility index (Phi) is 6.74. The molecule has 0 unspecified atom stereocenters. The third-order valence-corrected chi connectivity index (χ3v) is 6.84. The summed E-state index contributed by atoms with van der Waals surface area (Å²) in [5.41, 5.74) is 5.22. The number of carbonyl (C=O) groups excluding carboxylic acids is 1. The standard InChI is InChI=1S/C31H23BClN5O/c32-26-19-35-38-29(17-28(37-31(26)38)25-10-3-4-11-27(25)33)34-18-21-6-5-9-24(15-21)36-30(39)16-20-12-13-22-7-1-2-8-23(22)14-20/h1-15,17,19,34H,16,18H2,(H,36,39). The molecule has 8 heteroatoms. The molecule has 4 aromatic carbocycles. The van der Waals surface area contributed by atoms with Gasteiger partial charge < -0.3 is 10.6 Å². The Bertz CT molecular complexity index is 1830. The zero-order valence-corrected chi connectivity index (χ0v) is 21.7. The van der Waals surface area contributed by atoms with Crippen molar-refractivity contribution in [3.8, 4) is 11.3 Å². The average Bonchev–Trinajstić information content (AvgIpc) is 3.32. The molecule has 0 aliphatic heterocycles. The Morgan fingerprint density at radius 2 is 1.69 bits per heavy atom. The monoisotopic (exact) mass is 527 g/mol. The van der Waals surface area contributed by atoms with Crippen molar-refractivity contribution < 1.29 is 4.79 Å². The van der Waals surface area contributed by atoms with E-state index in [2.05, 4.69) is 38.9 Å². The lowest BCUT2D eigenvalue weighted by Crippen LogP contribution is -2.14. The summed E-state index contributed by atoms with van der Waals surface area (Å²) >= 11 is 6.44. The first-order valence-corrected chi connectivity index (χ1v) is 12.9. The highest BCUT2D eigenvalue weighted by Crippen LogP contribution is 2.28. The molecule has 39 heavy (non-hydrogen) atoms. The molecule has 0 aliphatic rings. The Morgan fingerprint density at radius 3 is 2.56 bits per heavy atom. The SMILES string of the molecule is [B]c1cnn2c(NCc3cccc(NC(=O)Cc4ccc5ccccc5c4)c3)cc(-c3ccccc3Cl)nc12. The average molecular weight is 528 g/mol. The number of halogens is 1. The van der Waals surface area contributed by atoms with Gasteiger partial charge in [-0.2, -0.15) is 9.61 Å². The van der Waals surface area contributed by atoms with E-state index in [1.165, 1.54) is 0 Å². The fourth-order valence-corrected chi connectivity index (χ4v) is 4.84. The van der Waals surface area contributed by atoms with E-state index < -0.39 is 0 Å². The summed E-state index contributed by atoms with van der Waals surface area (Å²) < 4.78 is 1.67. The molecular formula is C31H23BClN5O. The van der Waals surface area contributed by atoms with Crippen molar-refractivity contribution in [1.82, 2.24) is 14.6 Å². The van der Waals surface area contributed by atoms with Crippen LogP contribution in [0, 0.1) is 0 Å². The van der Waals surface area contributed by atoms with Crippen molar-refractivity contribution in [3.63, 3.8) is 0 Å². The van der Waals surface area contributed by atoms with Crippen molar-refractivity contribution in [2.45, 2.75) is 13.0 Å². The molecule has 2 radical (unpaired) electrons. The summed E-state index contributed by atoms with van der Waals surface area (Å²) in [6.45, 7) is 0.495. The molecule has 0 saturated carbocycles. The van der Waals surface area contributed by atoms with Gasteiger partial charge in [-0.3, -0.25) is 4.79 Å². The molecule has 0 bridgehead atoms. The third-order valence-electron chi connectivity index (χ3n) is 6.51. The van der Waals surface area contributed by atoms with Crippen molar-refractivity contribution in [2.24, 2.45) is 0 Å². The molecule has 0 spiro atoms. The fraction of sp³-hybridized carbons (Fsp3) is 0.0645. The van der Waals surface area contributed by atoms with Crippen LogP contribution in [0.25, 0.3) is 27.7 Å². The van der Waals surface area contributed by atoms with E-state index in [4.69, 9.17) is 19.4 Å². The van der Waals surface area contributed by atoms with Crippen molar-refractivity contribution in [2.75, 3.05) is 10.6 Å². The topological polar surface area (TPSA) is 71.3 Å². The molecule has 1 amide bonds. The van der Waals surface area contributed by atoms with Gasteiger partial charge in [0.1, 0.15) is 13.7 Å². The molecular weight excluding hydrogens is 505 g/mol. The van der Waals surface area contributed by atoms with Crippen molar-refractivity contribution >= 4 is 58.7 Å². The summed E-state index contributed by atoms with van der Waals surface area (Å²) in [4.78, 5) is 17.5. The molecule has 0 fully saturated rings. The predicted octanol–water partition coefficient (Wildman–Crippen LogP) is 5.79. The van der Waals surface area contributed by atoms with Crippen LogP contribution in [0.1, 0.15) is 11.1 Å². The van der Waals surface area contributed by atoms with Crippen LogP contribution in [-0.2, 0) is 17.8 Å². The maximum Gasteiger partial charge on any atom is 0.228 e. The highest BCUT2D eigenvalue weighted by molar-refractivity contribution is 6.36. The maximum atomic E-state index is 12.8. The second kappa shape index (κ2) is 10.6. The van der Waals surface area contributed by atoms with Crippen LogP contribution in [0.15, 0.2) is 103 Å². The number of carbonyl (C=O) groups is 1. The van der Waals surface area contributed by atoms with Crippen molar-refractivity contribution in [3.05, 3.63) is 119 Å². The minimum Gasteiger partial charge on any atom is -0.366 e. The molecule has 0 atom stereocenters. The van der Waals surface area contributed by atoms with Gasteiger partial charge in [-0.25, -0.2) is 4.98 Å². The van der Waals surface area contributed by atoms with Crippen LogP contribution >= 0.6 is 11.6 Å². The van der Waals surface area contributed by atoms with Crippen LogP contribution in [0.4, 0.5) is 11.5 Å². The van der Waals surface area contributed by atoms with Crippen LogP contribution < -0.4 is 16.1 Å². The molecule has 2 N–H and O–H groups in total. The lowest BCUT2D eigenvalue weighted by atomic mass is 10.0. The van der Waals surface area contributed by atoms with Crippen LogP contribution in [0.3, 0.4) is 0 Å². The summed E-state index contributed by atoms with van der Waals surface area (Å²) in [5.74, 6) is 0.653. The first-order valence-electron chi connectivity index (χ1n) is 12.5. The predicted molar refractivity (Wildman–Crippen MR) is 159 cm³/mol. The lowest BCUT2D eigenvalue weighted by molar-refractivity contribution is -0.115. The Balaban J connectivity index is 1.18. The van der Waals surface area contributed by atoms with Crippen molar-refractivity contribution in [1.29, 1.82) is 0 Å². The number of rotatable bonds is 7. The van der Waals surface area contributed by atoms with Crippen LogP contribution in [0.2, 0.25) is 5.02 Å². The summed E-state index contributed by atoms with van der Waals surface area (Å²) in [7, 11) is 6.14. The molecule has 188 valence electrons. The number of nitrogens with zero attached hydrogens (tertiary/aromatic N) is 3. The van der Waals surface area contributed by atoms with Gasteiger partial charge in [0, 0.05) is 35.1 Å². The number of fused-ring (bicyclic) bond motifs is 2. The first kappa shape index (κ1) is 24.7. The number of aromatic nitrogens is 3. The quantitative estimate of drug-likeness (QED) is 0.258. The van der Waals surface area contributed by atoms with E-state index >= 15 is 0 Å². The van der Waals surface area contributed by atoms with Gasteiger partial charge in [-0.05, 0) is 45.6 Å². The van der Waals surface area contributed by atoms with E-state index in [0.717, 1.165) is 39.0 Å². The smallest absolute Gasteiger partial charge is 0.228 e. The number of benzene rings is 4. The highest BCUT2D eigenvalue weighted by Gasteiger charge is 2.13. The largest absolute Gasteiger partial charge is 0.366 e. The number of nitrogens with one attached hydrogen (secondary N) is 2. The second-order valence-corrected chi connectivity index (χ2v) is 9.71. The second-order valence-electron chi connectivity index (χ2n) is 9.30. The maximum absolute atomic E-state index is 12.8. The van der Waals surface area contributed by atoms with Gasteiger partial charge in [0.2, 0.25) is 5.91 Å². The zero-order valence-electron chi connectivity index (χ0n) is 20.9. The van der Waals surface area contributed by atoms with E-state index in [1.807, 2.05) is 78.9 Å². The van der Waals surface area contributed by atoms with Gasteiger partial charge in [0.15, 0.2) is 5.65 Å². The summed E-state index contributed by atoms with van der Waals surface area (Å²) in [5, 5.41) is 13.7. The lowest BCUT2D eigenvalue weighted by Gasteiger charge is -2.13. The highest BCUT2D eigenvalue weighted by atomic mass is 35.5. The van der Waals surface area contributed by atoms with Gasteiger partial charge in [-0.15, -0.1) is 0 Å². The Morgan fingerprint density at radius 1 is 0.872 bits per heavy atom. The number of hydrogen-bond donors (Lipinski definition) is 2. The molecule has 6 aromatic rings. The number of anilines is 2. The molecule has 2 heterocycles. The Hall–Kier alpha value is -4.62. The number of hydrogen-bond acceptors (Lipinski definition) is 4. The normalized spacial score (nSPS) is 11.1. The molecule has 0 aliphatic carbocycles. The molecule has 6 nitrogen and oxygen atoms in total.